The number of halogens is 3. The molecule has 0 aliphatic rings. The minimum atomic E-state index is -4.87. The smallest absolute Gasteiger partial charge is 0.308 e. The number of fused-ring (bicyclic) bond motifs is 3. The van der Waals surface area contributed by atoms with Gasteiger partial charge in [-0.1, -0.05) is 146 Å². The van der Waals surface area contributed by atoms with E-state index in [1.165, 1.54) is 12.1 Å². The SMILES string of the molecule is N#Cc1ccc(-c2ccc3c(c2)c2cc(-c4ccc(C#N)cc4C#N)ccc2n3-c2c(-c3cc(-c4ccccc4)nc(-c4ccccc4)n3)cc(C(F)(F)F)cc2-c2cc(-c3ccccc3)nc(-c3ccccc3)n2)c(C#N)c1. The second kappa shape index (κ2) is 20.1. The highest BCUT2D eigenvalue weighted by Crippen LogP contribution is 2.47. The summed E-state index contributed by atoms with van der Waals surface area (Å²) >= 11 is 0. The van der Waals surface area contributed by atoms with Gasteiger partial charge >= 0.3 is 6.18 Å². The molecular weight excluding hydrogens is 988 g/mol. The van der Waals surface area contributed by atoms with Crippen LogP contribution >= 0.6 is 0 Å². The van der Waals surface area contributed by atoms with E-state index in [9.17, 15) is 21.0 Å². The molecule has 0 spiro atoms. The molecule has 0 atom stereocenters. The molecule has 3 heterocycles. The van der Waals surface area contributed by atoms with E-state index >= 15 is 13.2 Å². The fraction of sp³-hybridized carbons (Fsp3) is 0.0149. The molecule has 12 rings (SSSR count). The van der Waals surface area contributed by atoms with E-state index in [0.717, 1.165) is 12.1 Å². The van der Waals surface area contributed by atoms with Gasteiger partial charge in [-0.15, -0.1) is 0 Å². The maximum absolute atomic E-state index is 16.0. The van der Waals surface area contributed by atoms with E-state index < -0.39 is 11.7 Å². The molecule has 12 heteroatoms. The first-order valence-corrected chi connectivity index (χ1v) is 24.8. The quantitative estimate of drug-likeness (QED) is 0.139. The van der Waals surface area contributed by atoms with Crippen LogP contribution in [0, 0.1) is 45.3 Å². The second-order valence-corrected chi connectivity index (χ2v) is 18.6. The van der Waals surface area contributed by atoms with E-state index in [2.05, 4.69) is 24.3 Å². The Bertz CT molecular complexity index is 4170. The molecule has 0 unspecified atom stereocenters. The van der Waals surface area contributed by atoms with Crippen molar-refractivity contribution in [3.05, 3.63) is 246 Å². The van der Waals surface area contributed by atoms with Crippen LogP contribution in [-0.4, -0.2) is 24.5 Å². The number of benzene rings is 9. The first-order valence-electron chi connectivity index (χ1n) is 24.8. The summed E-state index contributed by atoms with van der Waals surface area (Å²) in [6.45, 7) is 0. The van der Waals surface area contributed by atoms with Crippen molar-refractivity contribution in [3.63, 3.8) is 0 Å². The third-order valence-electron chi connectivity index (χ3n) is 13.8. The highest BCUT2D eigenvalue weighted by atomic mass is 19.4. The standard InChI is InChI=1S/C67H36F3N9/c68-67(69,70)51-33-56(60-35-58(43-13-5-1-6-14-43)75-65(77-60)45-17-9-3-10-18-45)64(57(34-51)61-36-59(44-15-7-2-8-16-44)76-66(78-61)46-19-11-4-12-20-46)79-62-27-23-47(52-25-21-41(37-71)29-49(52)39-73)31-54(62)55-32-48(24-28-63(55)79)53-26-22-42(38-72)30-50(53)40-74/h1-36H. The Balaban J connectivity index is 1.26. The van der Waals surface area contributed by atoms with Crippen molar-refractivity contribution in [2.75, 3.05) is 0 Å². The Morgan fingerprint density at radius 2 is 0.722 bits per heavy atom. The van der Waals surface area contributed by atoms with Crippen LogP contribution in [0.3, 0.4) is 0 Å². The van der Waals surface area contributed by atoms with E-state index in [4.69, 9.17) is 19.9 Å². The molecule has 0 N–H and O–H groups in total. The molecule has 0 fully saturated rings. The predicted molar refractivity (Wildman–Crippen MR) is 299 cm³/mol. The van der Waals surface area contributed by atoms with Crippen LogP contribution in [0.4, 0.5) is 13.2 Å². The summed E-state index contributed by atoms with van der Waals surface area (Å²) in [5.74, 6) is 0.564. The number of alkyl halides is 3. The lowest BCUT2D eigenvalue weighted by atomic mass is 9.95. The normalized spacial score (nSPS) is 11.2. The number of nitrogens with zero attached hydrogens (tertiary/aromatic N) is 9. The summed E-state index contributed by atoms with van der Waals surface area (Å²) in [4.78, 5) is 20.4. The van der Waals surface area contributed by atoms with E-state index in [0.29, 0.717) is 94.5 Å². The molecule has 3 aromatic heterocycles. The summed E-state index contributed by atoms with van der Waals surface area (Å²) < 4.78 is 50.0. The fourth-order valence-electron chi connectivity index (χ4n) is 10.1. The van der Waals surface area contributed by atoms with Gasteiger partial charge < -0.3 is 4.57 Å². The minimum absolute atomic E-state index is 0.104. The van der Waals surface area contributed by atoms with Gasteiger partial charge in [0, 0.05) is 44.2 Å². The van der Waals surface area contributed by atoms with Crippen LogP contribution in [0.1, 0.15) is 27.8 Å². The second-order valence-electron chi connectivity index (χ2n) is 18.6. The maximum Gasteiger partial charge on any atom is 0.416 e. The summed E-state index contributed by atoms with van der Waals surface area (Å²) in [6.07, 6.45) is -4.87. The summed E-state index contributed by atoms with van der Waals surface area (Å²) in [5, 5.41) is 41.6. The molecular formula is C67H36F3N9. The van der Waals surface area contributed by atoms with E-state index in [1.807, 2.05) is 162 Å². The zero-order chi connectivity index (χ0) is 54.2. The van der Waals surface area contributed by atoms with Gasteiger partial charge in [-0.25, -0.2) is 19.9 Å². The van der Waals surface area contributed by atoms with Crippen molar-refractivity contribution in [1.82, 2.24) is 24.5 Å². The molecule has 370 valence electrons. The van der Waals surface area contributed by atoms with Gasteiger partial charge in [-0.2, -0.15) is 34.2 Å². The molecule has 0 amide bonds. The van der Waals surface area contributed by atoms with Crippen LogP contribution in [0.25, 0.3) is 118 Å². The lowest BCUT2D eigenvalue weighted by molar-refractivity contribution is -0.137. The molecule has 9 aromatic carbocycles. The number of aromatic nitrogens is 5. The van der Waals surface area contributed by atoms with Crippen molar-refractivity contribution in [3.8, 4) is 120 Å². The Morgan fingerprint density at radius 3 is 1.09 bits per heavy atom. The topological polar surface area (TPSA) is 152 Å². The van der Waals surface area contributed by atoms with E-state index in [-0.39, 0.29) is 45.3 Å². The third kappa shape index (κ3) is 9.15. The van der Waals surface area contributed by atoms with Gasteiger partial charge in [-0.05, 0) is 95.1 Å². The first-order chi connectivity index (χ1) is 38.6. The first kappa shape index (κ1) is 48.6. The van der Waals surface area contributed by atoms with Crippen LogP contribution in [0.15, 0.2) is 218 Å². The van der Waals surface area contributed by atoms with Crippen LogP contribution in [-0.2, 0) is 6.18 Å². The van der Waals surface area contributed by atoms with Gasteiger partial charge in [0.1, 0.15) is 0 Å². The van der Waals surface area contributed by atoms with Crippen molar-refractivity contribution >= 4 is 21.8 Å². The van der Waals surface area contributed by atoms with Gasteiger partial charge in [-0.3, -0.25) is 0 Å². The molecule has 12 aromatic rings. The van der Waals surface area contributed by atoms with Crippen molar-refractivity contribution in [2.24, 2.45) is 0 Å². The third-order valence-corrected chi connectivity index (χ3v) is 13.8. The molecule has 0 saturated carbocycles. The lowest BCUT2D eigenvalue weighted by Gasteiger charge is -2.22. The zero-order valence-electron chi connectivity index (χ0n) is 41.4. The average molecular weight is 1020 g/mol. The Morgan fingerprint density at radius 1 is 0.342 bits per heavy atom. The monoisotopic (exact) mass is 1020 g/mol. The Hall–Kier alpha value is -11.3. The highest BCUT2D eigenvalue weighted by Gasteiger charge is 2.35. The number of hydrogen-bond donors (Lipinski definition) is 0. The van der Waals surface area contributed by atoms with Gasteiger partial charge in [0.2, 0.25) is 0 Å². The molecule has 79 heavy (non-hydrogen) atoms. The van der Waals surface area contributed by atoms with Crippen LogP contribution in [0.2, 0.25) is 0 Å². The van der Waals surface area contributed by atoms with Crippen LogP contribution in [0.5, 0.6) is 0 Å². The number of hydrogen-bond acceptors (Lipinski definition) is 8. The zero-order valence-corrected chi connectivity index (χ0v) is 41.4. The predicted octanol–water partition coefficient (Wildman–Crippen LogP) is 16.2. The number of nitriles is 4. The largest absolute Gasteiger partial charge is 0.416 e. The summed E-state index contributed by atoms with van der Waals surface area (Å²) in [5.41, 5.74) is 8.24. The van der Waals surface area contributed by atoms with Gasteiger partial charge in [0.25, 0.3) is 0 Å². The molecule has 0 aliphatic heterocycles. The average Bonchev–Trinajstić information content (AvgIpc) is 4.09. The molecule has 0 aliphatic carbocycles. The summed E-state index contributed by atoms with van der Waals surface area (Å²) in [7, 11) is 0. The molecule has 9 nitrogen and oxygen atoms in total. The Kier molecular flexibility index (Phi) is 12.4. The van der Waals surface area contributed by atoms with Gasteiger partial charge in [0.05, 0.1) is 91.6 Å². The highest BCUT2D eigenvalue weighted by molar-refractivity contribution is 6.13. The molecule has 0 bridgehead atoms. The fourth-order valence-corrected chi connectivity index (χ4v) is 10.1. The van der Waals surface area contributed by atoms with Gasteiger partial charge in [0.15, 0.2) is 11.6 Å². The number of rotatable bonds is 9. The maximum atomic E-state index is 16.0. The molecule has 0 radical (unpaired) electrons. The molecule has 0 saturated heterocycles. The van der Waals surface area contributed by atoms with Crippen molar-refractivity contribution in [2.45, 2.75) is 6.18 Å². The Labute approximate surface area is 450 Å². The van der Waals surface area contributed by atoms with E-state index in [1.54, 1.807) is 36.4 Å². The minimum Gasteiger partial charge on any atom is -0.308 e. The summed E-state index contributed by atoms with van der Waals surface area (Å²) in [6, 6.07) is 72.7. The van der Waals surface area contributed by atoms with Crippen molar-refractivity contribution in [1.29, 1.82) is 21.0 Å². The van der Waals surface area contributed by atoms with Crippen molar-refractivity contribution < 1.29 is 13.2 Å². The lowest BCUT2D eigenvalue weighted by Crippen LogP contribution is -2.10. The van der Waals surface area contributed by atoms with Crippen LogP contribution < -0.4 is 0 Å².